The summed E-state index contributed by atoms with van der Waals surface area (Å²) < 4.78 is 31.4. The molecule has 0 heterocycles. The van der Waals surface area contributed by atoms with Gasteiger partial charge in [-0.05, 0) is 37.6 Å². The highest BCUT2D eigenvalue weighted by Gasteiger charge is 2.33. The van der Waals surface area contributed by atoms with Crippen molar-refractivity contribution in [2.75, 3.05) is 24.7 Å². The van der Waals surface area contributed by atoms with Crippen molar-refractivity contribution in [2.45, 2.75) is 26.4 Å². The van der Waals surface area contributed by atoms with Gasteiger partial charge in [-0.1, -0.05) is 41.4 Å². The highest BCUT2D eigenvalue weighted by molar-refractivity contribution is 7.92. The van der Waals surface area contributed by atoms with Gasteiger partial charge in [-0.25, -0.2) is 8.42 Å². The van der Waals surface area contributed by atoms with Crippen LogP contribution in [0, 0.1) is 6.92 Å². The van der Waals surface area contributed by atoms with E-state index in [0.29, 0.717) is 17.3 Å². The second kappa shape index (κ2) is 8.84. The second-order valence-corrected chi connectivity index (χ2v) is 9.03. The molecule has 6 nitrogen and oxygen atoms in total. The van der Waals surface area contributed by atoms with Crippen LogP contribution < -0.4 is 9.04 Å². The summed E-state index contributed by atoms with van der Waals surface area (Å²) in [4.78, 5) is 14.5. The Bertz CT molecular complexity index is 945. The van der Waals surface area contributed by atoms with Crippen molar-refractivity contribution in [3.63, 3.8) is 0 Å². The molecule has 0 unspecified atom stereocenters. The maximum atomic E-state index is 13.0. The number of halogens is 1. The summed E-state index contributed by atoms with van der Waals surface area (Å²) in [5.74, 6) is -0.0244. The van der Waals surface area contributed by atoms with Crippen LogP contribution in [0.3, 0.4) is 0 Å². The first-order valence-electron chi connectivity index (χ1n) is 8.68. The molecule has 0 bridgehead atoms. The molecule has 28 heavy (non-hydrogen) atoms. The molecule has 152 valence electrons. The van der Waals surface area contributed by atoms with E-state index in [9.17, 15) is 13.2 Å². The molecule has 0 fully saturated rings. The number of anilines is 1. The molecular weight excluding hydrogens is 400 g/mol. The predicted molar refractivity (Wildman–Crippen MR) is 112 cm³/mol. The molecule has 2 rings (SSSR count). The maximum Gasteiger partial charge on any atom is 0.246 e. The van der Waals surface area contributed by atoms with E-state index >= 15 is 0 Å². The lowest BCUT2D eigenvalue weighted by atomic mass is 10.1. The number of benzene rings is 2. The summed E-state index contributed by atoms with van der Waals surface area (Å²) in [6.45, 7) is 3.91. The number of nitrogens with zero attached hydrogens (tertiary/aromatic N) is 2. The Morgan fingerprint density at radius 2 is 1.79 bits per heavy atom. The van der Waals surface area contributed by atoms with Gasteiger partial charge in [-0.2, -0.15) is 0 Å². The first-order valence-corrected chi connectivity index (χ1v) is 10.9. The Morgan fingerprint density at radius 1 is 1.18 bits per heavy atom. The number of carbonyl (C=O) groups excluding carboxylic acids is 1. The SMILES string of the molecule is COc1ccc(Cl)cc1N([C@@H](C)C(=O)N(C)Cc1ccc(C)cc1)S(C)(=O)=O. The molecule has 0 aliphatic rings. The highest BCUT2D eigenvalue weighted by Crippen LogP contribution is 2.34. The lowest BCUT2D eigenvalue weighted by Gasteiger charge is -2.32. The van der Waals surface area contributed by atoms with Crippen LogP contribution in [0.4, 0.5) is 5.69 Å². The van der Waals surface area contributed by atoms with Gasteiger partial charge in [-0.3, -0.25) is 9.10 Å². The third-order valence-electron chi connectivity index (χ3n) is 4.36. The average molecular weight is 425 g/mol. The van der Waals surface area contributed by atoms with E-state index < -0.39 is 16.1 Å². The molecular formula is C20H25ClN2O4S. The Morgan fingerprint density at radius 3 is 2.32 bits per heavy atom. The number of likely N-dealkylation sites (N-methyl/N-ethyl adjacent to an activating group) is 1. The lowest BCUT2D eigenvalue weighted by molar-refractivity contribution is -0.131. The van der Waals surface area contributed by atoms with Crippen LogP contribution >= 0.6 is 11.6 Å². The van der Waals surface area contributed by atoms with Gasteiger partial charge in [0.05, 0.1) is 19.1 Å². The van der Waals surface area contributed by atoms with Gasteiger partial charge in [-0.15, -0.1) is 0 Å². The topological polar surface area (TPSA) is 66.9 Å². The van der Waals surface area contributed by atoms with E-state index in [1.54, 1.807) is 26.1 Å². The fourth-order valence-corrected chi connectivity index (χ4v) is 4.31. The van der Waals surface area contributed by atoms with Gasteiger partial charge in [0.15, 0.2) is 0 Å². The van der Waals surface area contributed by atoms with Gasteiger partial charge in [0, 0.05) is 18.6 Å². The second-order valence-electron chi connectivity index (χ2n) is 6.73. The molecule has 8 heteroatoms. The molecule has 2 aromatic rings. The van der Waals surface area contributed by atoms with Crippen LogP contribution in [0.5, 0.6) is 5.75 Å². The summed E-state index contributed by atoms with van der Waals surface area (Å²) >= 11 is 6.06. The molecule has 1 amide bonds. The Kier molecular flexibility index (Phi) is 6.96. The van der Waals surface area contributed by atoms with Crippen LogP contribution in [0.2, 0.25) is 5.02 Å². The van der Waals surface area contributed by atoms with Crippen LogP contribution in [-0.2, 0) is 21.4 Å². The fraction of sp³-hybridized carbons (Fsp3) is 0.350. The molecule has 0 saturated heterocycles. The standard InChI is InChI=1S/C20H25ClN2O4S/c1-14-6-8-16(9-7-14)13-22(3)20(24)15(2)23(28(5,25)26)18-12-17(21)10-11-19(18)27-4/h6-12,15H,13H2,1-5H3/t15-/m0/s1. The zero-order valence-corrected chi connectivity index (χ0v) is 18.2. The third-order valence-corrected chi connectivity index (χ3v) is 5.82. The first kappa shape index (κ1) is 22.0. The lowest BCUT2D eigenvalue weighted by Crippen LogP contribution is -2.48. The molecule has 0 aromatic heterocycles. The number of sulfonamides is 1. The number of carbonyl (C=O) groups is 1. The number of amides is 1. The van der Waals surface area contributed by atoms with E-state index in [1.807, 2.05) is 31.2 Å². The number of ether oxygens (including phenoxy) is 1. The first-order chi connectivity index (χ1) is 13.0. The van der Waals surface area contributed by atoms with Crippen molar-refractivity contribution < 1.29 is 17.9 Å². The quantitative estimate of drug-likeness (QED) is 0.682. The smallest absolute Gasteiger partial charge is 0.246 e. The van der Waals surface area contributed by atoms with E-state index in [0.717, 1.165) is 21.7 Å². The summed E-state index contributed by atoms with van der Waals surface area (Å²) in [5, 5.41) is 0.345. The number of rotatable bonds is 7. The van der Waals surface area contributed by atoms with Crippen molar-refractivity contribution in [3.8, 4) is 5.75 Å². The number of methoxy groups -OCH3 is 1. The highest BCUT2D eigenvalue weighted by atomic mass is 35.5. The van der Waals surface area contributed by atoms with Crippen molar-refractivity contribution >= 4 is 33.2 Å². The van der Waals surface area contributed by atoms with E-state index in [4.69, 9.17) is 16.3 Å². The number of hydrogen-bond acceptors (Lipinski definition) is 4. The maximum absolute atomic E-state index is 13.0. The van der Waals surface area contributed by atoms with E-state index in [1.165, 1.54) is 18.1 Å². The van der Waals surface area contributed by atoms with Gasteiger partial charge in [0.25, 0.3) is 0 Å². The van der Waals surface area contributed by atoms with Crippen molar-refractivity contribution in [1.82, 2.24) is 4.90 Å². The van der Waals surface area contributed by atoms with Gasteiger partial charge in [0.2, 0.25) is 15.9 Å². The van der Waals surface area contributed by atoms with Gasteiger partial charge >= 0.3 is 0 Å². The van der Waals surface area contributed by atoms with Crippen molar-refractivity contribution in [1.29, 1.82) is 0 Å². The molecule has 0 aliphatic heterocycles. The van der Waals surface area contributed by atoms with Crippen LogP contribution in [0.25, 0.3) is 0 Å². The van der Waals surface area contributed by atoms with Crippen LogP contribution in [0.15, 0.2) is 42.5 Å². The Labute approximate surface area is 171 Å². The largest absolute Gasteiger partial charge is 0.495 e. The molecule has 1 atom stereocenters. The molecule has 0 spiro atoms. The average Bonchev–Trinajstić information content (AvgIpc) is 2.62. The van der Waals surface area contributed by atoms with Crippen molar-refractivity contribution in [2.24, 2.45) is 0 Å². The number of aryl methyl sites for hydroxylation is 1. The summed E-state index contributed by atoms with van der Waals surface area (Å²) in [5.41, 5.74) is 2.31. The third kappa shape index (κ3) is 5.17. The molecule has 0 N–H and O–H groups in total. The minimum atomic E-state index is -3.78. The summed E-state index contributed by atoms with van der Waals surface area (Å²) in [7, 11) is -0.695. The molecule has 0 aliphatic carbocycles. The van der Waals surface area contributed by atoms with E-state index in [-0.39, 0.29) is 11.6 Å². The Balaban J connectivity index is 2.35. The molecule has 0 radical (unpaired) electrons. The van der Waals surface area contributed by atoms with Gasteiger partial charge in [0.1, 0.15) is 11.8 Å². The number of hydrogen-bond donors (Lipinski definition) is 0. The van der Waals surface area contributed by atoms with Gasteiger partial charge < -0.3 is 9.64 Å². The summed E-state index contributed by atoms with van der Waals surface area (Å²) in [6.07, 6.45) is 1.05. The zero-order chi connectivity index (χ0) is 21.1. The summed E-state index contributed by atoms with van der Waals surface area (Å²) in [6, 6.07) is 11.5. The fourth-order valence-electron chi connectivity index (χ4n) is 2.97. The minimum Gasteiger partial charge on any atom is -0.495 e. The van der Waals surface area contributed by atoms with Crippen molar-refractivity contribution in [3.05, 3.63) is 58.6 Å². The minimum absolute atomic E-state index is 0.224. The van der Waals surface area contributed by atoms with Crippen LogP contribution in [-0.4, -0.2) is 45.7 Å². The Hall–Kier alpha value is -2.25. The normalized spacial score (nSPS) is 12.4. The van der Waals surface area contributed by atoms with E-state index in [2.05, 4.69) is 0 Å². The molecule has 0 saturated carbocycles. The zero-order valence-electron chi connectivity index (χ0n) is 16.6. The van der Waals surface area contributed by atoms with Crippen LogP contribution in [0.1, 0.15) is 18.1 Å². The predicted octanol–water partition coefficient (Wildman–Crippen LogP) is 3.47. The molecule has 2 aromatic carbocycles. The monoisotopic (exact) mass is 424 g/mol.